The van der Waals surface area contributed by atoms with Crippen molar-refractivity contribution in [1.29, 1.82) is 0 Å². The maximum atomic E-state index is 13.3. The summed E-state index contributed by atoms with van der Waals surface area (Å²) in [6.45, 7) is 0.789. The molecule has 1 atom stereocenters. The van der Waals surface area contributed by atoms with Gasteiger partial charge in [-0.2, -0.15) is 0 Å². The first-order valence-corrected chi connectivity index (χ1v) is 9.59. The van der Waals surface area contributed by atoms with Crippen LogP contribution in [0.15, 0.2) is 54.7 Å². The standard InChI is InChI=1S/C22H21ClN2O3/c1-28-20-6-3-2-5-18(20)22(27)10-4-12-25(14-22)21(26)16-9-11-24-19-8-7-15(23)13-17(16)19/h2-3,5-9,11,13,27H,4,10,12,14H2,1H3. The molecule has 1 N–H and O–H groups in total. The van der Waals surface area contributed by atoms with Crippen molar-refractivity contribution in [3.8, 4) is 5.75 Å². The zero-order valence-corrected chi connectivity index (χ0v) is 16.3. The Balaban J connectivity index is 1.69. The van der Waals surface area contributed by atoms with E-state index >= 15 is 0 Å². The molecule has 4 rings (SSSR count). The number of nitrogens with zero attached hydrogens (tertiary/aromatic N) is 2. The normalized spacial score (nSPS) is 19.6. The predicted molar refractivity (Wildman–Crippen MR) is 109 cm³/mol. The zero-order chi connectivity index (χ0) is 19.7. The number of rotatable bonds is 3. The van der Waals surface area contributed by atoms with Gasteiger partial charge in [-0.25, -0.2) is 0 Å². The van der Waals surface area contributed by atoms with Crippen LogP contribution in [-0.2, 0) is 5.60 Å². The van der Waals surface area contributed by atoms with Crippen LogP contribution in [0, 0.1) is 0 Å². The molecule has 6 heteroatoms. The van der Waals surface area contributed by atoms with Crippen LogP contribution in [0.25, 0.3) is 10.9 Å². The van der Waals surface area contributed by atoms with E-state index in [4.69, 9.17) is 16.3 Å². The molecular formula is C22H21ClN2O3. The van der Waals surface area contributed by atoms with Gasteiger partial charge in [-0.05, 0) is 43.2 Å². The third-order valence-corrected chi connectivity index (χ3v) is 5.54. The number of likely N-dealkylation sites (tertiary alicyclic amines) is 1. The predicted octanol–water partition coefficient (Wildman–Crippen LogP) is 4.02. The Morgan fingerprint density at radius 2 is 2.07 bits per heavy atom. The number of aromatic nitrogens is 1. The number of aliphatic hydroxyl groups is 1. The fourth-order valence-electron chi connectivity index (χ4n) is 3.93. The molecule has 0 radical (unpaired) electrons. The summed E-state index contributed by atoms with van der Waals surface area (Å²) in [5, 5.41) is 12.6. The Morgan fingerprint density at radius 3 is 2.89 bits per heavy atom. The molecule has 2 heterocycles. The third kappa shape index (κ3) is 3.32. The Hall–Kier alpha value is -2.63. The van der Waals surface area contributed by atoms with Gasteiger partial charge < -0.3 is 14.7 Å². The van der Waals surface area contributed by atoms with Crippen molar-refractivity contribution in [1.82, 2.24) is 9.88 Å². The summed E-state index contributed by atoms with van der Waals surface area (Å²) in [6.07, 6.45) is 2.89. The molecule has 1 aromatic heterocycles. The number of carbonyl (C=O) groups excluding carboxylic acids is 1. The Labute approximate surface area is 168 Å². The molecule has 1 aliphatic heterocycles. The first-order chi connectivity index (χ1) is 13.5. The molecule has 2 aromatic carbocycles. The van der Waals surface area contributed by atoms with Gasteiger partial charge in [0.15, 0.2) is 0 Å². The smallest absolute Gasteiger partial charge is 0.254 e. The quantitative estimate of drug-likeness (QED) is 0.726. The number of fused-ring (bicyclic) bond motifs is 1. The lowest BCUT2D eigenvalue weighted by atomic mass is 9.85. The van der Waals surface area contributed by atoms with Crippen molar-refractivity contribution < 1.29 is 14.6 Å². The van der Waals surface area contributed by atoms with E-state index < -0.39 is 5.60 Å². The monoisotopic (exact) mass is 396 g/mol. The fourth-order valence-corrected chi connectivity index (χ4v) is 4.11. The van der Waals surface area contributed by atoms with E-state index in [1.807, 2.05) is 24.3 Å². The molecule has 1 amide bonds. The maximum Gasteiger partial charge on any atom is 0.254 e. The van der Waals surface area contributed by atoms with Gasteiger partial charge in [0.2, 0.25) is 0 Å². The van der Waals surface area contributed by atoms with Crippen LogP contribution in [0.2, 0.25) is 5.02 Å². The van der Waals surface area contributed by atoms with E-state index in [2.05, 4.69) is 4.98 Å². The SMILES string of the molecule is COc1ccccc1C1(O)CCCN(C(=O)c2ccnc3ccc(Cl)cc23)C1. The number of ether oxygens (including phenoxy) is 1. The van der Waals surface area contributed by atoms with Crippen LogP contribution in [0.4, 0.5) is 0 Å². The number of piperidine rings is 1. The Morgan fingerprint density at radius 1 is 1.25 bits per heavy atom. The van der Waals surface area contributed by atoms with Crippen LogP contribution >= 0.6 is 11.6 Å². The van der Waals surface area contributed by atoms with Gasteiger partial charge in [-0.3, -0.25) is 9.78 Å². The number of benzene rings is 2. The van der Waals surface area contributed by atoms with Gasteiger partial charge in [0.05, 0.1) is 24.7 Å². The molecule has 0 bridgehead atoms. The summed E-state index contributed by atoms with van der Waals surface area (Å²) in [5.74, 6) is 0.489. The Bertz CT molecular complexity index is 1040. The minimum atomic E-state index is -1.15. The van der Waals surface area contributed by atoms with Gasteiger partial charge in [-0.1, -0.05) is 29.8 Å². The molecular weight excluding hydrogens is 376 g/mol. The van der Waals surface area contributed by atoms with Gasteiger partial charge in [0.1, 0.15) is 11.4 Å². The summed E-state index contributed by atoms with van der Waals surface area (Å²) < 4.78 is 5.43. The molecule has 1 aliphatic rings. The largest absolute Gasteiger partial charge is 0.496 e. The zero-order valence-electron chi connectivity index (χ0n) is 15.6. The summed E-state index contributed by atoms with van der Waals surface area (Å²) in [4.78, 5) is 19.3. The van der Waals surface area contributed by atoms with Gasteiger partial charge >= 0.3 is 0 Å². The van der Waals surface area contributed by atoms with E-state index in [-0.39, 0.29) is 12.5 Å². The van der Waals surface area contributed by atoms with Crippen molar-refractivity contribution in [2.75, 3.05) is 20.2 Å². The first kappa shape index (κ1) is 18.7. The number of pyridine rings is 1. The van der Waals surface area contributed by atoms with Gasteiger partial charge in [-0.15, -0.1) is 0 Å². The molecule has 144 valence electrons. The van der Waals surface area contributed by atoms with E-state index in [0.717, 1.165) is 0 Å². The molecule has 1 unspecified atom stereocenters. The average molecular weight is 397 g/mol. The highest BCUT2D eigenvalue weighted by Crippen LogP contribution is 2.37. The minimum Gasteiger partial charge on any atom is -0.496 e. The molecule has 5 nitrogen and oxygen atoms in total. The van der Waals surface area contributed by atoms with Crippen molar-refractivity contribution in [2.45, 2.75) is 18.4 Å². The summed E-state index contributed by atoms with van der Waals surface area (Å²) in [5.41, 5.74) is 0.808. The van der Waals surface area contributed by atoms with Gasteiger partial charge in [0.25, 0.3) is 5.91 Å². The summed E-state index contributed by atoms with van der Waals surface area (Å²) in [7, 11) is 1.58. The lowest BCUT2D eigenvalue weighted by Crippen LogP contribution is -2.48. The fraction of sp³-hybridized carbons (Fsp3) is 0.273. The summed E-state index contributed by atoms with van der Waals surface area (Å²) in [6, 6.07) is 14.4. The molecule has 0 saturated carbocycles. The topological polar surface area (TPSA) is 62.7 Å². The molecule has 28 heavy (non-hydrogen) atoms. The minimum absolute atomic E-state index is 0.136. The maximum absolute atomic E-state index is 13.3. The number of amides is 1. The highest BCUT2D eigenvalue weighted by Gasteiger charge is 2.39. The first-order valence-electron chi connectivity index (χ1n) is 9.21. The lowest BCUT2D eigenvalue weighted by Gasteiger charge is -2.40. The number of methoxy groups -OCH3 is 1. The number of carbonyl (C=O) groups is 1. The lowest BCUT2D eigenvalue weighted by molar-refractivity contribution is -0.0302. The van der Waals surface area contributed by atoms with Gasteiger partial charge in [0, 0.05) is 28.7 Å². The molecule has 3 aromatic rings. The van der Waals surface area contributed by atoms with Crippen molar-refractivity contribution >= 4 is 28.4 Å². The highest BCUT2D eigenvalue weighted by atomic mass is 35.5. The number of para-hydroxylation sites is 1. The molecule has 0 spiro atoms. The Kier molecular flexibility index (Phi) is 4.96. The number of β-amino-alcohol motifs (C(OH)–C–C–N with tert-alkyl or cyclic N) is 1. The number of hydrogen-bond donors (Lipinski definition) is 1. The van der Waals surface area contributed by atoms with Crippen LogP contribution < -0.4 is 4.74 Å². The van der Waals surface area contributed by atoms with Crippen LogP contribution in [0.5, 0.6) is 5.75 Å². The van der Waals surface area contributed by atoms with Crippen molar-refractivity contribution in [3.05, 3.63) is 70.9 Å². The van der Waals surface area contributed by atoms with E-state index in [9.17, 15) is 9.90 Å². The third-order valence-electron chi connectivity index (χ3n) is 5.30. The second-order valence-electron chi connectivity index (χ2n) is 7.08. The second-order valence-corrected chi connectivity index (χ2v) is 7.52. The average Bonchev–Trinajstić information content (AvgIpc) is 2.72. The van der Waals surface area contributed by atoms with Crippen molar-refractivity contribution in [2.24, 2.45) is 0 Å². The molecule has 1 fully saturated rings. The second kappa shape index (κ2) is 7.41. The van der Waals surface area contributed by atoms with Crippen LogP contribution in [-0.4, -0.2) is 41.1 Å². The number of hydrogen-bond acceptors (Lipinski definition) is 4. The summed E-state index contributed by atoms with van der Waals surface area (Å²) >= 11 is 6.13. The van der Waals surface area contributed by atoms with E-state index in [1.165, 1.54) is 0 Å². The van der Waals surface area contributed by atoms with E-state index in [0.29, 0.717) is 52.2 Å². The van der Waals surface area contributed by atoms with Crippen LogP contribution in [0.1, 0.15) is 28.8 Å². The number of halogens is 1. The van der Waals surface area contributed by atoms with Crippen LogP contribution in [0.3, 0.4) is 0 Å². The molecule has 1 saturated heterocycles. The molecule has 0 aliphatic carbocycles. The highest BCUT2D eigenvalue weighted by molar-refractivity contribution is 6.31. The van der Waals surface area contributed by atoms with Crippen molar-refractivity contribution in [3.63, 3.8) is 0 Å². The van der Waals surface area contributed by atoms with E-state index in [1.54, 1.807) is 42.5 Å².